The molecule has 158 valence electrons. The molecule has 0 saturated carbocycles. The van der Waals surface area contributed by atoms with E-state index >= 15 is 0 Å². The fraction of sp³-hybridized carbons (Fsp3) is 0.190. The van der Waals surface area contributed by atoms with E-state index in [4.69, 9.17) is 4.74 Å². The number of carbonyl (C=O) groups excluding carboxylic acids is 1. The number of rotatable bonds is 5. The highest BCUT2D eigenvalue weighted by Gasteiger charge is 2.34. The zero-order valence-corrected chi connectivity index (χ0v) is 18.2. The Kier molecular flexibility index (Phi) is 5.66. The number of nitrogens with zero attached hydrogens (tertiary/aromatic N) is 3. The lowest BCUT2D eigenvalue weighted by Gasteiger charge is -2.24. The maximum Gasteiger partial charge on any atom is 0.338 e. The number of thiazole rings is 1. The van der Waals surface area contributed by atoms with Crippen LogP contribution >= 0.6 is 22.7 Å². The molecule has 0 fully saturated rings. The molecule has 1 aliphatic rings. The summed E-state index contributed by atoms with van der Waals surface area (Å²) < 4.78 is 7.11. The lowest BCUT2D eigenvalue weighted by atomic mass is 9.95. The van der Waals surface area contributed by atoms with Crippen LogP contribution in [-0.4, -0.2) is 22.1 Å². The van der Waals surface area contributed by atoms with Crippen LogP contribution < -0.4 is 14.9 Å². The van der Waals surface area contributed by atoms with Crippen molar-refractivity contribution in [3.63, 3.8) is 0 Å². The molecule has 3 aromatic rings. The summed E-state index contributed by atoms with van der Waals surface area (Å²) in [5, 5.41) is 13.2. The molecular weight excluding hydrogens is 438 g/mol. The number of benzene rings is 1. The van der Waals surface area contributed by atoms with Crippen molar-refractivity contribution in [2.24, 2.45) is 4.99 Å². The lowest BCUT2D eigenvalue weighted by molar-refractivity contribution is -0.384. The van der Waals surface area contributed by atoms with E-state index in [-0.39, 0.29) is 23.4 Å². The van der Waals surface area contributed by atoms with Crippen LogP contribution in [0.2, 0.25) is 0 Å². The number of non-ortho nitro benzene ring substituents is 1. The lowest BCUT2D eigenvalue weighted by Crippen LogP contribution is -2.39. The third kappa shape index (κ3) is 3.87. The second kappa shape index (κ2) is 8.40. The second-order valence-electron chi connectivity index (χ2n) is 6.67. The van der Waals surface area contributed by atoms with Crippen LogP contribution in [0.4, 0.5) is 5.69 Å². The third-order valence-corrected chi connectivity index (χ3v) is 6.53. The van der Waals surface area contributed by atoms with E-state index in [9.17, 15) is 19.7 Å². The third-order valence-electron chi connectivity index (χ3n) is 4.73. The van der Waals surface area contributed by atoms with Crippen LogP contribution in [0.3, 0.4) is 0 Å². The second-order valence-corrected chi connectivity index (χ2v) is 8.66. The number of fused-ring (bicyclic) bond motifs is 1. The van der Waals surface area contributed by atoms with Crippen LogP contribution in [0.1, 0.15) is 30.3 Å². The molecule has 0 aliphatic carbocycles. The van der Waals surface area contributed by atoms with E-state index in [2.05, 4.69) is 4.99 Å². The first-order chi connectivity index (χ1) is 14.9. The SMILES string of the molecule is CCOC(=O)C1=C(C)N=c2s/c(=C\c3cccs3)c(=O)n2[C@@H]1c1cccc([N+](=O)[O-])c1. The first kappa shape index (κ1) is 20.9. The molecule has 0 amide bonds. The van der Waals surface area contributed by atoms with E-state index < -0.39 is 16.9 Å². The summed E-state index contributed by atoms with van der Waals surface area (Å²) in [5.41, 5.74) is 0.602. The fourth-order valence-electron chi connectivity index (χ4n) is 3.42. The van der Waals surface area contributed by atoms with Gasteiger partial charge in [0, 0.05) is 17.0 Å². The monoisotopic (exact) mass is 455 g/mol. The molecule has 3 heterocycles. The van der Waals surface area contributed by atoms with E-state index in [0.717, 1.165) is 4.88 Å². The van der Waals surface area contributed by atoms with Gasteiger partial charge in [0.05, 0.1) is 33.4 Å². The van der Waals surface area contributed by atoms with Crippen molar-refractivity contribution in [2.45, 2.75) is 19.9 Å². The van der Waals surface area contributed by atoms with Crippen molar-refractivity contribution in [1.82, 2.24) is 4.57 Å². The topological polar surface area (TPSA) is 104 Å². The summed E-state index contributed by atoms with van der Waals surface area (Å²) in [5.74, 6) is -0.604. The highest BCUT2D eigenvalue weighted by Crippen LogP contribution is 2.32. The van der Waals surface area contributed by atoms with Crippen LogP contribution in [-0.2, 0) is 9.53 Å². The molecule has 1 aliphatic heterocycles. The summed E-state index contributed by atoms with van der Waals surface area (Å²) in [6.45, 7) is 3.51. The van der Waals surface area contributed by atoms with E-state index in [0.29, 0.717) is 20.6 Å². The molecule has 0 bridgehead atoms. The minimum atomic E-state index is -0.874. The quantitative estimate of drug-likeness (QED) is 0.334. The first-order valence-corrected chi connectivity index (χ1v) is 11.1. The van der Waals surface area contributed by atoms with Gasteiger partial charge in [-0.1, -0.05) is 29.5 Å². The Morgan fingerprint density at radius 1 is 1.35 bits per heavy atom. The summed E-state index contributed by atoms with van der Waals surface area (Å²) >= 11 is 2.71. The number of aromatic nitrogens is 1. The van der Waals surface area contributed by atoms with Crippen LogP contribution in [0.25, 0.3) is 6.08 Å². The van der Waals surface area contributed by atoms with Crippen molar-refractivity contribution in [2.75, 3.05) is 6.61 Å². The van der Waals surface area contributed by atoms with Gasteiger partial charge in [0.2, 0.25) is 0 Å². The molecule has 0 saturated heterocycles. The average molecular weight is 456 g/mol. The van der Waals surface area contributed by atoms with Crippen LogP contribution in [0.5, 0.6) is 0 Å². The minimum absolute atomic E-state index is 0.129. The predicted molar refractivity (Wildman–Crippen MR) is 118 cm³/mol. The smallest absolute Gasteiger partial charge is 0.338 e. The molecule has 31 heavy (non-hydrogen) atoms. The molecule has 1 atom stereocenters. The maximum atomic E-state index is 13.4. The number of nitro groups is 1. The molecule has 8 nitrogen and oxygen atoms in total. The number of ether oxygens (including phenoxy) is 1. The normalized spacial score (nSPS) is 16.1. The maximum absolute atomic E-state index is 13.4. The summed E-state index contributed by atoms with van der Waals surface area (Å²) in [6.07, 6.45) is 1.78. The first-order valence-electron chi connectivity index (χ1n) is 9.38. The molecule has 4 rings (SSSR count). The van der Waals surface area contributed by atoms with Crippen LogP contribution in [0, 0.1) is 10.1 Å². The van der Waals surface area contributed by atoms with Crippen molar-refractivity contribution >= 4 is 40.4 Å². The summed E-state index contributed by atoms with van der Waals surface area (Å²) in [7, 11) is 0. The van der Waals surface area contributed by atoms with Gasteiger partial charge >= 0.3 is 5.97 Å². The molecule has 0 radical (unpaired) electrons. The highest BCUT2D eigenvalue weighted by molar-refractivity contribution is 7.11. The van der Waals surface area contributed by atoms with Gasteiger partial charge in [-0.05, 0) is 36.9 Å². The Morgan fingerprint density at radius 2 is 2.16 bits per heavy atom. The average Bonchev–Trinajstić information content (AvgIpc) is 3.35. The Morgan fingerprint density at radius 3 is 2.84 bits per heavy atom. The van der Waals surface area contributed by atoms with Crippen molar-refractivity contribution in [3.8, 4) is 0 Å². The largest absolute Gasteiger partial charge is 0.463 e. The Hall–Kier alpha value is -3.37. The number of hydrogen-bond donors (Lipinski definition) is 0. The zero-order chi connectivity index (χ0) is 22.1. The predicted octanol–water partition coefficient (Wildman–Crippen LogP) is 2.77. The van der Waals surface area contributed by atoms with Crippen molar-refractivity contribution in [3.05, 3.63) is 93.3 Å². The number of thiophene rings is 1. The fourth-order valence-corrected chi connectivity index (χ4v) is 5.19. The minimum Gasteiger partial charge on any atom is -0.463 e. The molecule has 2 aromatic heterocycles. The standard InChI is InChI=1S/C21H17N3O5S2/c1-3-29-20(26)17-12(2)22-21-23(18(17)13-6-4-7-14(10-13)24(27)28)19(25)16(31-21)11-15-8-5-9-30-15/h4-11,18H,3H2,1-2H3/b16-11-/t18-/m1/s1. The van der Waals surface area contributed by atoms with Gasteiger partial charge in [0.1, 0.15) is 0 Å². The van der Waals surface area contributed by atoms with Gasteiger partial charge < -0.3 is 4.74 Å². The van der Waals surface area contributed by atoms with E-state index in [1.807, 2.05) is 17.5 Å². The Bertz CT molecular complexity index is 1380. The Balaban J connectivity index is 1.99. The number of carbonyl (C=O) groups is 1. The Labute approximate surface area is 184 Å². The molecule has 0 unspecified atom stereocenters. The van der Waals surface area contributed by atoms with E-state index in [1.165, 1.54) is 45.4 Å². The van der Waals surface area contributed by atoms with Gasteiger partial charge in [0.25, 0.3) is 11.2 Å². The van der Waals surface area contributed by atoms with Gasteiger partial charge in [-0.2, -0.15) is 0 Å². The number of allylic oxidation sites excluding steroid dienone is 1. The number of esters is 1. The number of hydrogen-bond acceptors (Lipinski definition) is 8. The molecule has 0 spiro atoms. The van der Waals surface area contributed by atoms with Crippen molar-refractivity contribution < 1.29 is 14.5 Å². The summed E-state index contributed by atoms with van der Waals surface area (Å²) in [6, 6.07) is 8.85. The van der Waals surface area contributed by atoms with Gasteiger partial charge in [-0.15, -0.1) is 11.3 Å². The van der Waals surface area contributed by atoms with Gasteiger partial charge in [0.15, 0.2) is 4.80 Å². The molecular formula is C21H17N3O5S2. The van der Waals surface area contributed by atoms with Crippen molar-refractivity contribution in [1.29, 1.82) is 0 Å². The highest BCUT2D eigenvalue weighted by atomic mass is 32.1. The zero-order valence-electron chi connectivity index (χ0n) is 16.6. The molecule has 0 N–H and O–H groups in total. The molecule has 1 aromatic carbocycles. The number of nitro benzene ring substituents is 1. The summed E-state index contributed by atoms with van der Waals surface area (Å²) in [4.78, 5) is 42.8. The van der Waals surface area contributed by atoms with Gasteiger partial charge in [-0.25, -0.2) is 9.79 Å². The van der Waals surface area contributed by atoms with Crippen LogP contribution in [0.15, 0.2) is 62.8 Å². The van der Waals surface area contributed by atoms with E-state index in [1.54, 1.807) is 26.0 Å². The van der Waals surface area contributed by atoms with Gasteiger partial charge in [-0.3, -0.25) is 19.5 Å². The molecule has 10 heteroatoms.